The number of sulfonamides is 1. The molecule has 7 nitrogen and oxygen atoms in total. The zero-order valence-electron chi connectivity index (χ0n) is 13.0. The minimum atomic E-state index is -3.14. The average molecular weight is 328 g/mol. The van der Waals surface area contributed by atoms with Gasteiger partial charge in [-0.05, 0) is 18.8 Å². The molecule has 0 aliphatic carbocycles. The first kappa shape index (κ1) is 15.8. The second-order valence-corrected chi connectivity index (χ2v) is 8.18. The fourth-order valence-corrected chi connectivity index (χ4v) is 4.66. The highest BCUT2D eigenvalue weighted by Gasteiger charge is 2.28. The van der Waals surface area contributed by atoms with Crippen LogP contribution in [0.5, 0.6) is 0 Å². The Morgan fingerprint density at radius 3 is 2.68 bits per heavy atom. The van der Waals surface area contributed by atoms with Gasteiger partial charge in [0.05, 0.1) is 17.6 Å². The lowest BCUT2D eigenvalue weighted by Crippen LogP contribution is -2.49. The maximum atomic E-state index is 12.4. The summed E-state index contributed by atoms with van der Waals surface area (Å²) in [5.41, 5.74) is 1.06. The number of piperazine rings is 1. The van der Waals surface area contributed by atoms with Gasteiger partial charge in [-0.1, -0.05) is 0 Å². The lowest BCUT2D eigenvalue weighted by Gasteiger charge is -2.34. The Hall–Kier alpha value is -1.12. The van der Waals surface area contributed by atoms with Crippen LogP contribution in [0.1, 0.15) is 12.8 Å². The van der Waals surface area contributed by atoms with Crippen molar-refractivity contribution in [3.63, 3.8) is 0 Å². The monoisotopic (exact) mass is 328 g/mol. The van der Waals surface area contributed by atoms with Gasteiger partial charge in [0, 0.05) is 52.6 Å². The summed E-state index contributed by atoms with van der Waals surface area (Å²) in [5.74, 6) is 0.653. The summed E-state index contributed by atoms with van der Waals surface area (Å²) in [4.78, 5) is 2.18. The highest BCUT2D eigenvalue weighted by atomic mass is 32.2. The molecular weight excluding hydrogens is 304 g/mol. The van der Waals surface area contributed by atoms with Crippen LogP contribution in [0.25, 0.3) is 0 Å². The molecule has 0 N–H and O–H groups in total. The number of hydrogen-bond donors (Lipinski definition) is 0. The standard InChI is InChI=1S/C14H24N4O3S/c1-16-11-14(10-15-16)17-4-6-18(7-5-17)22(19,20)9-3-13-2-8-21-12-13/h10-11,13H,2-9,12H2,1H3. The third kappa shape index (κ3) is 3.61. The zero-order chi connectivity index (χ0) is 15.6. The molecule has 124 valence electrons. The number of ether oxygens (including phenoxy) is 1. The van der Waals surface area contributed by atoms with Gasteiger partial charge < -0.3 is 9.64 Å². The van der Waals surface area contributed by atoms with Crippen LogP contribution in [0.4, 0.5) is 5.69 Å². The van der Waals surface area contributed by atoms with Gasteiger partial charge in [-0.2, -0.15) is 9.40 Å². The third-order valence-corrected chi connectivity index (χ3v) is 6.40. The number of hydrogen-bond acceptors (Lipinski definition) is 5. The average Bonchev–Trinajstić information content (AvgIpc) is 3.17. The van der Waals surface area contributed by atoms with Gasteiger partial charge in [-0.3, -0.25) is 4.68 Å². The molecule has 0 aromatic carbocycles. The van der Waals surface area contributed by atoms with Crippen LogP contribution in [-0.2, 0) is 21.8 Å². The topological polar surface area (TPSA) is 67.7 Å². The molecule has 1 aromatic rings. The maximum absolute atomic E-state index is 12.4. The second-order valence-electron chi connectivity index (χ2n) is 6.09. The molecule has 1 unspecified atom stereocenters. The minimum Gasteiger partial charge on any atom is -0.381 e. The quantitative estimate of drug-likeness (QED) is 0.778. The number of aromatic nitrogens is 2. The van der Waals surface area contributed by atoms with Crippen LogP contribution < -0.4 is 4.90 Å². The van der Waals surface area contributed by atoms with Crippen molar-refractivity contribution in [2.75, 3.05) is 50.0 Å². The van der Waals surface area contributed by atoms with Crippen LogP contribution >= 0.6 is 0 Å². The van der Waals surface area contributed by atoms with E-state index in [1.54, 1.807) is 8.99 Å². The number of aryl methyl sites for hydroxylation is 1. The molecular formula is C14H24N4O3S. The first-order valence-electron chi connectivity index (χ1n) is 7.84. The summed E-state index contributed by atoms with van der Waals surface area (Å²) in [6.45, 7) is 4.03. The van der Waals surface area contributed by atoms with Crippen molar-refractivity contribution in [3.8, 4) is 0 Å². The predicted octanol–water partition coefficient (Wildman–Crippen LogP) is 0.299. The van der Waals surface area contributed by atoms with Crippen LogP contribution in [0, 0.1) is 5.92 Å². The summed E-state index contributed by atoms with van der Waals surface area (Å²) >= 11 is 0. The highest BCUT2D eigenvalue weighted by molar-refractivity contribution is 7.89. The first-order valence-corrected chi connectivity index (χ1v) is 9.45. The van der Waals surface area contributed by atoms with E-state index in [1.807, 2.05) is 19.4 Å². The lowest BCUT2D eigenvalue weighted by molar-refractivity contribution is 0.185. The number of rotatable bonds is 5. The Bertz CT molecular complexity index is 587. The van der Waals surface area contributed by atoms with Crippen molar-refractivity contribution in [3.05, 3.63) is 12.4 Å². The summed E-state index contributed by atoms with van der Waals surface area (Å²) in [6.07, 6.45) is 5.49. The fourth-order valence-electron chi connectivity index (χ4n) is 3.05. The van der Waals surface area contributed by atoms with Gasteiger partial charge in [0.15, 0.2) is 0 Å². The van der Waals surface area contributed by atoms with E-state index in [1.165, 1.54) is 0 Å². The Morgan fingerprint density at radius 1 is 1.32 bits per heavy atom. The van der Waals surface area contributed by atoms with Crippen molar-refractivity contribution in [1.29, 1.82) is 0 Å². The zero-order valence-corrected chi connectivity index (χ0v) is 13.8. The highest BCUT2D eigenvalue weighted by Crippen LogP contribution is 2.20. The summed E-state index contributed by atoms with van der Waals surface area (Å²) in [7, 11) is -1.26. The minimum absolute atomic E-state index is 0.244. The van der Waals surface area contributed by atoms with Gasteiger partial charge in [-0.15, -0.1) is 0 Å². The Labute approximate surface area is 131 Å². The SMILES string of the molecule is Cn1cc(N2CCN(S(=O)(=O)CCC3CCOC3)CC2)cn1. The van der Waals surface area contributed by atoms with Crippen LogP contribution in [0.15, 0.2) is 12.4 Å². The molecule has 1 aromatic heterocycles. The molecule has 2 aliphatic rings. The molecule has 0 amide bonds. The van der Waals surface area contributed by atoms with Crippen LogP contribution in [0.3, 0.4) is 0 Å². The Morgan fingerprint density at radius 2 is 2.09 bits per heavy atom. The normalized spacial score (nSPS) is 24.0. The Balaban J connectivity index is 1.51. The summed E-state index contributed by atoms with van der Waals surface area (Å²) in [5, 5.41) is 4.16. The summed E-state index contributed by atoms with van der Waals surface area (Å²) < 4.78 is 33.6. The second kappa shape index (κ2) is 6.55. The molecule has 0 bridgehead atoms. The maximum Gasteiger partial charge on any atom is 0.214 e. The largest absolute Gasteiger partial charge is 0.381 e. The van der Waals surface area contributed by atoms with E-state index in [0.29, 0.717) is 32.0 Å². The molecule has 2 fully saturated rings. The van der Waals surface area contributed by atoms with Gasteiger partial charge in [0.2, 0.25) is 10.0 Å². The smallest absolute Gasteiger partial charge is 0.214 e. The van der Waals surface area contributed by atoms with E-state index >= 15 is 0 Å². The van der Waals surface area contributed by atoms with E-state index in [4.69, 9.17) is 4.74 Å². The van der Waals surface area contributed by atoms with E-state index in [9.17, 15) is 8.42 Å². The number of anilines is 1. The first-order chi connectivity index (χ1) is 10.5. The lowest BCUT2D eigenvalue weighted by atomic mass is 10.1. The van der Waals surface area contributed by atoms with Crippen molar-refractivity contribution >= 4 is 15.7 Å². The molecule has 3 rings (SSSR count). The van der Waals surface area contributed by atoms with E-state index < -0.39 is 10.0 Å². The molecule has 3 heterocycles. The fraction of sp³-hybridized carbons (Fsp3) is 0.786. The van der Waals surface area contributed by atoms with Gasteiger partial charge in [-0.25, -0.2) is 8.42 Å². The molecule has 2 saturated heterocycles. The molecule has 1 atom stereocenters. The summed E-state index contributed by atoms with van der Waals surface area (Å²) in [6, 6.07) is 0. The van der Waals surface area contributed by atoms with Crippen molar-refractivity contribution < 1.29 is 13.2 Å². The molecule has 2 aliphatic heterocycles. The van der Waals surface area contributed by atoms with E-state index in [0.717, 1.165) is 31.8 Å². The van der Waals surface area contributed by atoms with Gasteiger partial charge >= 0.3 is 0 Å². The molecule has 0 saturated carbocycles. The molecule has 0 radical (unpaired) electrons. The molecule has 0 spiro atoms. The molecule has 8 heteroatoms. The van der Waals surface area contributed by atoms with E-state index in [2.05, 4.69) is 10.00 Å². The van der Waals surface area contributed by atoms with Crippen LogP contribution in [0.2, 0.25) is 0 Å². The molecule has 22 heavy (non-hydrogen) atoms. The third-order valence-electron chi connectivity index (χ3n) is 4.50. The van der Waals surface area contributed by atoms with Crippen LogP contribution in [-0.4, -0.2) is 67.6 Å². The van der Waals surface area contributed by atoms with Crippen molar-refractivity contribution in [1.82, 2.24) is 14.1 Å². The number of nitrogens with zero attached hydrogens (tertiary/aromatic N) is 4. The van der Waals surface area contributed by atoms with E-state index in [-0.39, 0.29) is 5.75 Å². The van der Waals surface area contributed by atoms with Gasteiger partial charge in [0.1, 0.15) is 0 Å². The Kier molecular flexibility index (Phi) is 4.70. The van der Waals surface area contributed by atoms with Crippen molar-refractivity contribution in [2.24, 2.45) is 13.0 Å². The predicted molar refractivity (Wildman–Crippen MR) is 84.3 cm³/mol. The van der Waals surface area contributed by atoms with Crippen molar-refractivity contribution in [2.45, 2.75) is 12.8 Å². The van der Waals surface area contributed by atoms with Gasteiger partial charge in [0.25, 0.3) is 0 Å².